The lowest BCUT2D eigenvalue weighted by Gasteiger charge is -1.93. The fraction of sp³-hybridized carbons (Fsp3) is 1.00. The van der Waals surface area contributed by atoms with Crippen molar-refractivity contribution in [3.05, 3.63) is 0 Å². The van der Waals surface area contributed by atoms with Crippen molar-refractivity contribution in [2.75, 3.05) is 20.1 Å². The van der Waals surface area contributed by atoms with Crippen molar-refractivity contribution in [3.63, 3.8) is 0 Å². The van der Waals surface area contributed by atoms with Gasteiger partial charge in [0.1, 0.15) is 13.1 Å². The molecule has 0 aromatic heterocycles. The standard InChI is InChI=1S/C6H14N2/c1-7-4-5-8-6-2-3-6/h6-8H,2-5H2,1H3/p+2. The molecule has 0 radical (unpaired) electrons. The molecule has 0 aromatic carbocycles. The molecule has 0 aromatic rings. The summed E-state index contributed by atoms with van der Waals surface area (Å²) in [6, 6.07) is 1.01. The van der Waals surface area contributed by atoms with E-state index in [-0.39, 0.29) is 0 Å². The Labute approximate surface area is 50.7 Å². The topological polar surface area (TPSA) is 33.2 Å². The van der Waals surface area contributed by atoms with Gasteiger partial charge in [-0.1, -0.05) is 0 Å². The molecule has 1 aliphatic carbocycles. The smallest absolute Gasteiger partial charge is 0.125 e. The summed E-state index contributed by atoms with van der Waals surface area (Å²) >= 11 is 0. The van der Waals surface area contributed by atoms with Gasteiger partial charge in [0.05, 0.1) is 13.1 Å². The van der Waals surface area contributed by atoms with Gasteiger partial charge in [-0.2, -0.15) is 0 Å². The molecule has 2 heteroatoms. The van der Waals surface area contributed by atoms with Crippen molar-refractivity contribution >= 4 is 0 Å². The molecule has 48 valence electrons. The zero-order chi connectivity index (χ0) is 5.82. The average Bonchev–Trinajstić information content (AvgIpc) is 2.51. The summed E-state index contributed by atoms with van der Waals surface area (Å²) in [6.45, 7) is 2.58. The molecular formula is C6H16N2+2. The van der Waals surface area contributed by atoms with Crippen LogP contribution in [0.15, 0.2) is 0 Å². The van der Waals surface area contributed by atoms with Crippen LogP contribution in [0.5, 0.6) is 0 Å². The summed E-state index contributed by atoms with van der Waals surface area (Å²) in [5.41, 5.74) is 0. The summed E-state index contributed by atoms with van der Waals surface area (Å²) < 4.78 is 0. The summed E-state index contributed by atoms with van der Waals surface area (Å²) in [7, 11) is 2.13. The first-order valence-corrected chi connectivity index (χ1v) is 3.54. The van der Waals surface area contributed by atoms with Gasteiger partial charge < -0.3 is 10.6 Å². The Kier molecular flexibility index (Phi) is 2.30. The van der Waals surface area contributed by atoms with Gasteiger partial charge in [-0.15, -0.1) is 0 Å². The van der Waals surface area contributed by atoms with Gasteiger partial charge >= 0.3 is 0 Å². The van der Waals surface area contributed by atoms with E-state index in [2.05, 4.69) is 17.7 Å². The van der Waals surface area contributed by atoms with E-state index in [9.17, 15) is 0 Å². The predicted molar refractivity (Wildman–Crippen MR) is 32.5 cm³/mol. The molecule has 1 fully saturated rings. The largest absolute Gasteiger partial charge is 0.344 e. The molecular weight excluding hydrogens is 100 g/mol. The van der Waals surface area contributed by atoms with Crippen molar-refractivity contribution in [2.24, 2.45) is 0 Å². The minimum atomic E-state index is 1.01. The second-order valence-corrected chi connectivity index (χ2v) is 2.56. The monoisotopic (exact) mass is 116 g/mol. The highest BCUT2D eigenvalue weighted by Gasteiger charge is 2.24. The molecule has 0 unspecified atom stereocenters. The number of quaternary nitrogens is 2. The number of hydrogen-bond acceptors (Lipinski definition) is 0. The first-order chi connectivity index (χ1) is 3.93. The Balaban J connectivity index is 1.74. The number of rotatable bonds is 4. The quantitative estimate of drug-likeness (QED) is 0.395. The fourth-order valence-corrected chi connectivity index (χ4v) is 0.831. The Morgan fingerprint density at radius 1 is 1.38 bits per heavy atom. The second kappa shape index (κ2) is 3.05. The van der Waals surface area contributed by atoms with Crippen LogP contribution in [0.2, 0.25) is 0 Å². The maximum Gasteiger partial charge on any atom is 0.125 e. The Hall–Kier alpha value is -0.0800. The third kappa shape index (κ3) is 2.28. The minimum Gasteiger partial charge on any atom is -0.344 e. The summed E-state index contributed by atoms with van der Waals surface area (Å²) in [6.07, 6.45) is 2.92. The van der Waals surface area contributed by atoms with Gasteiger partial charge in [-0.05, 0) is 0 Å². The van der Waals surface area contributed by atoms with Crippen LogP contribution in [0.1, 0.15) is 12.8 Å². The molecule has 0 aliphatic heterocycles. The third-order valence-corrected chi connectivity index (χ3v) is 1.58. The van der Waals surface area contributed by atoms with E-state index in [4.69, 9.17) is 0 Å². The van der Waals surface area contributed by atoms with Crippen LogP contribution >= 0.6 is 0 Å². The van der Waals surface area contributed by atoms with E-state index in [1.54, 1.807) is 0 Å². The van der Waals surface area contributed by atoms with Crippen molar-refractivity contribution in [3.8, 4) is 0 Å². The number of likely N-dealkylation sites (N-methyl/N-ethyl adjacent to an activating group) is 1. The van der Waals surface area contributed by atoms with E-state index in [0.717, 1.165) is 6.04 Å². The molecule has 8 heavy (non-hydrogen) atoms. The van der Waals surface area contributed by atoms with Gasteiger partial charge in [0.25, 0.3) is 0 Å². The lowest BCUT2D eigenvalue weighted by atomic mass is 10.6. The highest BCUT2D eigenvalue weighted by atomic mass is 15.0. The second-order valence-electron chi connectivity index (χ2n) is 2.56. The normalized spacial score (nSPS) is 19.1. The molecule has 1 rings (SSSR count). The van der Waals surface area contributed by atoms with Crippen LogP contribution in [-0.4, -0.2) is 26.2 Å². The Morgan fingerprint density at radius 3 is 2.62 bits per heavy atom. The van der Waals surface area contributed by atoms with Crippen LogP contribution in [0.25, 0.3) is 0 Å². The molecule has 0 bridgehead atoms. The molecule has 0 amide bonds. The molecule has 0 heterocycles. The van der Waals surface area contributed by atoms with Crippen LogP contribution in [-0.2, 0) is 0 Å². The average molecular weight is 116 g/mol. The lowest BCUT2D eigenvalue weighted by molar-refractivity contribution is -0.719. The zero-order valence-corrected chi connectivity index (χ0v) is 5.56. The molecule has 1 saturated carbocycles. The van der Waals surface area contributed by atoms with E-state index in [0.29, 0.717) is 0 Å². The molecule has 4 N–H and O–H groups in total. The van der Waals surface area contributed by atoms with Crippen LogP contribution < -0.4 is 10.6 Å². The molecule has 2 nitrogen and oxygen atoms in total. The zero-order valence-electron chi connectivity index (χ0n) is 5.56. The summed E-state index contributed by atoms with van der Waals surface area (Å²) in [5, 5.41) is 4.69. The Bertz CT molecular complexity index is 59.5. The maximum atomic E-state index is 2.46. The lowest BCUT2D eigenvalue weighted by Crippen LogP contribution is -2.94. The van der Waals surface area contributed by atoms with E-state index in [1.165, 1.54) is 25.9 Å². The summed E-state index contributed by atoms with van der Waals surface area (Å²) in [5.74, 6) is 0. The van der Waals surface area contributed by atoms with Crippen LogP contribution in [0, 0.1) is 0 Å². The Morgan fingerprint density at radius 2 is 2.12 bits per heavy atom. The van der Waals surface area contributed by atoms with Gasteiger partial charge in [0, 0.05) is 12.8 Å². The van der Waals surface area contributed by atoms with E-state index < -0.39 is 0 Å². The molecule has 0 spiro atoms. The van der Waals surface area contributed by atoms with Crippen molar-refractivity contribution in [1.82, 2.24) is 0 Å². The summed E-state index contributed by atoms with van der Waals surface area (Å²) in [4.78, 5) is 0. The first kappa shape index (κ1) is 6.05. The van der Waals surface area contributed by atoms with Gasteiger partial charge in [-0.25, -0.2) is 0 Å². The van der Waals surface area contributed by atoms with Crippen LogP contribution in [0.3, 0.4) is 0 Å². The predicted octanol–water partition coefficient (Wildman–Crippen LogP) is -2.09. The molecule has 0 atom stereocenters. The fourth-order valence-electron chi connectivity index (χ4n) is 0.831. The molecule has 0 saturated heterocycles. The van der Waals surface area contributed by atoms with Crippen molar-refractivity contribution < 1.29 is 10.6 Å². The van der Waals surface area contributed by atoms with Gasteiger partial charge in [0.15, 0.2) is 0 Å². The third-order valence-electron chi connectivity index (χ3n) is 1.58. The highest BCUT2D eigenvalue weighted by Crippen LogP contribution is 2.12. The van der Waals surface area contributed by atoms with Crippen LogP contribution in [0.4, 0.5) is 0 Å². The van der Waals surface area contributed by atoms with Gasteiger partial charge in [-0.3, -0.25) is 0 Å². The van der Waals surface area contributed by atoms with E-state index in [1.807, 2.05) is 0 Å². The molecule has 1 aliphatic rings. The van der Waals surface area contributed by atoms with Crippen molar-refractivity contribution in [2.45, 2.75) is 18.9 Å². The highest BCUT2D eigenvalue weighted by molar-refractivity contribution is 4.68. The van der Waals surface area contributed by atoms with Crippen molar-refractivity contribution in [1.29, 1.82) is 0 Å². The maximum absolute atomic E-state index is 2.46. The minimum absolute atomic E-state index is 1.01. The van der Waals surface area contributed by atoms with E-state index >= 15 is 0 Å². The number of nitrogens with two attached hydrogens (primary N) is 2. The number of hydrogen-bond donors (Lipinski definition) is 2. The van der Waals surface area contributed by atoms with Gasteiger partial charge in [0.2, 0.25) is 0 Å². The first-order valence-electron chi connectivity index (χ1n) is 3.54. The SMILES string of the molecule is C[NH2+]CC[NH2+]C1CC1.